The molecule has 0 aliphatic heterocycles. The van der Waals surface area contributed by atoms with Crippen LogP contribution in [-0.4, -0.2) is 20.0 Å². The van der Waals surface area contributed by atoms with Gasteiger partial charge in [-0.25, -0.2) is 4.68 Å². The van der Waals surface area contributed by atoms with Crippen molar-refractivity contribution in [2.24, 2.45) is 7.05 Å². The summed E-state index contributed by atoms with van der Waals surface area (Å²) in [5.41, 5.74) is -0.150. The first-order valence-corrected chi connectivity index (χ1v) is 8.88. The third-order valence-electron chi connectivity index (χ3n) is 4.46. The minimum absolute atomic E-state index is 0.198. The van der Waals surface area contributed by atoms with Gasteiger partial charge in [-0.05, 0) is 44.2 Å². The zero-order valence-electron chi connectivity index (χ0n) is 16.1. The molecule has 2 aromatic carbocycles. The van der Waals surface area contributed by atoms with Crippen LogP contribution in [0.5, 0.6) is 5.75 Å². The predicted molar refractivity (Wildman–Crippen MR) is 105 cm³/mol. The minimum Gasteiger partial charge on any atom is -0.478 e. The molecule has 2 heterocycles. The van der Waals surface area contributed by atoms with Crippen molar-refractivity contribution in [1.82, 2.24) is 20.0 Å². The molecule has 0 unspecified atom stereocenters. The van der Waals surface area contributed by atoms with E-state index in [-0.39, 0.29) is 17.3 Å². The van der Waals surface area contributed by atoms with Crippen molar-refractivity contribution in [2.45, 2.75) is 19.4 Å². The summed E-state index contributed by atoms with van der Waals surface area (Å²) >= 11 is 0. The Morgan fingerprint density at radius 3 is 2.45 bits per heavy atom. The molecule has 0 atom stereocenters. The number of benzene rings is 2. The van der Waals surface area contributed by atoms with Crippen LogP contribution in [0.3, 0.4) is 0 Å². The number of hydrogen-bond donors (Lipinski definition) is 0. The van der Waals surface area contributed by atoms with E-state index in [0.717, 1.165) is 0 Å². The zero-order chi connectivity index (χ0) is 20.6. The van der Waals surface area contributed by atoms with E-state index in [4.69, 9.17) is 14.4 Å². The van der Waals surface area contributed by atoms with Crippen LogP contribution in [0.15, 0.2) is 57.7 Å². The number of ether oxygens (including phenoxy) is 1. The second-order valence-corrected chi connectivity index (χ2v) is 6.98. The Bertz CT molecular complexity index is 1300. The van der Waals surface area contributed by atoms with Gasteiger partial charge in [0.15, 0.2) is 11.3 Å². The Balaban J connectivity index is 1.71. The van der Waals surface area contributed by atoms with Gasteiger partial charge in [-0.2, -0.15) is 10.4 Å². The number of nitriles is 1. The van der Waals surface area contributed by atoms with Crippen molar-refractivity contribution in [2.75, 3.05) is 0 Å². The molecule has 29 heavy (non-hydrogen) atoms. The van der Waals surface area contributed by atoms with Crippen molar-refractivity contribution < 1.29 is 9.15 Å². The van der Waals surface area contributed by atoms with Crippen LogP contribution in [0.25, 0.3) is 22.4 Å². The summed E-state index contributed by atoms with van der Waals surface area (Å²) in [6.45, 7) is 3.60. The van der Waals surface area contributed by atoms with Gasteiger partial charge in [0.1, 0.15) is 5.75 Å². The number of nitrogens with zero attached hydrogens (tertiary/aromatic N) is 5. The lowest BCUT2D eigenvalue weighted by Crippen LogP contribution is -2.25. The summed E-state index contributed by atoms with van der Waals surface area (Å²) in [7, 11) is 1.58. The average molecular weight is 387 g/mol. The van der Waals surface area contributed by atoms with Gasteiger partial charge in [-0.3, -0.25) is 4.79 Å². The van der Waals surface area contributed by atoms with Crippen molar-refractivity contribution >= 4 is 10.8 Å². The first-order chi connectivity index (χ1) is 13.9. The van der Waals surface area contributed by atoms with Crippen LogP contribution < -0.4 is 10.3 Å². The SMILES string of the molecule is Cn1nc(-c2nnc(C(C)(C)Oc3ccc(C#N)cc3)o2)c2ccccc2c1=O. The molecule has 0 N–H and O–H groups in total. The summed E-state index contributed by atoms with van der Waals surface area (Å²) in [4.78, 5) is 12.3. The summed E-state index contributed by atoms with van der Waals surface area (Å²) in [5, 5.41) is 22.6. The molecule has 2 aromatic heterocycles. The molecule has 0 radical (unpaired) electrons. The Labute approximate surface area is 166 Å². The maximum absolute atomic E-state index is 12.3. The van der Waals surface area contributed by atoms with Gasteiger partial charge < -0.3 is 9.15 Å². The third kappa shape index (κ3) is 3.34. The van der Waals surface area contributed by atoms with Gasteiger partial charge in [-0.15, -0.1) is 10.2 Å². The molecule has 144 valence electrons. The molecule has 0 amide bonds. The normalized spacial score (nSPS) is 11.4. The van der Waals surface area contributed by atoms with Gasteiger partial charge in [0, 0.05) is 12.4 Å². The van der Waals surface area contributed by atoms with E-state index in [0.29, 0.717) is 27.8 Å². The van der Waals surface area contributed by atoms with E-state index < -0.39 is 5.60 Å². The van der Waals surface area contributed by atoms with E-state index in [9.17, 15) is 4.79 Å². The predicted octanol–water partition coefficient (Wildman–Crippen LogP) is 3.17. The summed E-state index contributed by atoms with van der Waals surface area (Å²) in [5.74, 6) is 1.03. The summed E-state index contributed by atoms with van der Waals surface area (Å²) in [6, 6.07) is 16.0. The first-order valence-electron chi connectivity index (χ1n) is 8.88. The second-order valence-electron chi connectivity index (χ2n) is 6.98. The molecular formula is C21H17N5O3. The van der Waals surface area contributed by atoms with E-state index >= 15 is 0 Å². The Morgan fingerprint density at radius 1 is 1.07 bits per heavy atom. The van der Waals surface area contributed by atoms with Crippen LogP contribution in [0.1, 0.15) is 25.3 Å². The van der Waals surface area contributed by atoms with E-state index in [1.807, 2.05) is 6.07 Å². The topological polar surface area (TPSA) is 107 Å². The average Bonchev–Trinajstić information content (AvgIpc) is 3.22. The standard InChI is InChI=1S/C21H17N5O3/c1-21(2,29-14-10-8-13(12-22)9-11-14)20-24-23-18(28-20)17-15-6-4-5-7-16(15)19(27)26(3)25-17/h4-11H,1-3H3. The van der Waals surface area contributed by atoms with E-state index in [2.05, 4.69) is 21.4 Å². The summed E-state index contributed by atoms with van der Waals surface area (Å²) < 4.78 is 13.1. The molecule has 0 aliphatic rings. The molecule has 0 spiro atoms. The Morgan fingerprint density at radius 2 is 1.76 bits per heavy atom. The maximum Gasteiger partial charge on any atom is 0.274 e. The molecule has 0 saturated carbocycles. The number of aromatic nitrogens is 4. The molecular weight excluding hydrogens is 370 g/mol. The second kappa shape index (κ2) is 6.87. The van der Waals surface area contributed by atoms with Crippen LogP contribution in [0.4, 0.5) is 0 Å². The molecule has 8 heteroatoms. The fourth-order valence-electron chi connectivity index (χ4n) is 2.96. The highest BCUT2D eigenvalue weighted by atomic mass is 16.5. The van der Waals surface area contributed by atoms with Gasteiger partial charge in [0.2, 0.25) is 0 Å². The van der Waals surface area contributed by atoms with Crippen LogP contribution in [0, 0.1) is 11.3 Å². The molecule has 0 fully saturated rings. The van der Waals surface area contributed by atoms with E-state index in [1.54, 1.807) is 63.4 Å². The highest BCUT2D eigenvalue weighted by molar-refractivity contribution is 5.91. The quantitative estimate of drug-likeness (QED) is 0.529. The minimum atomic E-state index is -0.921. The van der Waals surface area contributed by atoms with Crippen molar-refractivity contribution in [3.05, 3.63) is 70.3 Å². The molecule has 0 saturated heterocycles. The van der Waals surface area contributed by atoms with Crippen molar-refractivity contribution in [1.29, 1.82) is 5.26 Å². The third-order valence-corrected chi connectivity index (χ3v) is 4.46. The van der Waals surface area contributed by atoms with Crippen molar-refractivity contribution in [3.8, 4) is 23.4 Å². The number of hydrogen-bond acceptors (Lipinski definition) is 7. The van der Waals surface area contributed by atoms with Gasteiger partial charge in [0.05, 0.1) is 17.0 Å². The van der Waals surface area contributed by atoms with Crippen LogP contribution in [-0.2, 0) is 12.6 Å². The largest absolute Gasteiger partial charge is 0.478 e. The maximum atomic E-state index is 12.3. The number of fused-ring (bicyclic) bond motifs is 1. The van der Waals surface area contributed by atoms with Crippen LogP contribution >= 0.6 is 0 Å². The molecule has 0 aliphatic carbocycles. The van der Waals surface area contributed by atoms with Crippen molar-refractivity contribution in [3.63, 3.8) is 0 Å². The van der Waals surface area contributed by atoms with Gasteiger partial charge in [-0.1, -0.05) is 18.2 Å². The first kappa shape index (κ1) is 18.4. The smallest absolute Gasteiger partial charge is 0.274 e. The molecule has 4 aromatic rings. The fourth-order valence-corrected chi connectivity index (χ4v) is 2.96. The highest BCUT2D eigenvalue weighted by Crippen LogP contribution is 2.30. The fraction of sp³-hybridized carbons (Fsp3) is 0.190. The monoisotopic (exact) mass is 387 g/mol. The lowest BCUT2D eigenvalue weighted by molar-refractivity contribution is 0.0770. The zero-order valence-corrected chi connectivity index (χ0v) is 16.1. The Hall–Kier alpha value is -3.99. The highest BCUT2D eigenvalue weighted by Gasteiger charge is 2.31. The summed E-state index contributed by atoms with van der Waals surface area (Å²) in [6.07, 6.45) is 0. The lowest BCUT2D eigenvalue weighted by Gasteiger charge is -2.22. The number of rotatable bonds is 4. The van der Waals surface area contributed by atoms with Gasteiger partial charge in [0.25, 0.3) is 17.3 Å². The molecule has 0 bridgehead atoms. The van der Waals surface area contributed by atoms with E-state index in [1.165, 1.54) is 4.68 Å². The lowest BCUT2D eigenvalue weighted by atomic mass is 10.1. The molecule has 4 rings (SSSR count). The number of aryl methyl sites for hydroxylation is 1. The molecule has 8 nitrogen and oxygen atoms in total. The van der Waals surface area contributed by atoms with Crippen LogP contribution in [0.2, 0.25) is 0 Å². The van der Waals surface area contributed by atoms with Gasteiger partial charge >= 0.3 is 0 Å². The Kier molecular flexibility index (Phi) is 4.35.